The van der Waals surface area contributed by atoms with E-state index in [-0.39, 0.29) is 11.6 Å². The normalized spacial score (nSPS) is 22.8. The van der Waals surface area contributed by atoms with Gasteiger partial charge in [0.15, 0.2) is 0 Å². The van der Waals surface area contributed by atoms with E-state index in [0.29, 0.717) is 15.7 Å². The molecule has 1 atom stereocenters. The molecule has 1 fully saturated rings. The van der Waals surface area contributed by atoms with Crippen LogP contribution in [0.3, 0.4) is 0 Å². The van der Waals surface area contributed by atoms with Crippen LogP contribution in [0.1, 0.15) is 13.3 Å². The van der Waals surface area contributed by atoms with Crippen LogP contribution >= 0.6 is 23.2 Å². The summed E-state index contributed by atoms with van der Waals surface area (Å²) in [4.78, 5) is 11.9. The van der Waals surface area contributed by atoms with Gasteiger partial charge in [-0.25, -0.2) is 4.79 Å². The van der Waals surface area contributed by atoms with Crippen LogP contribution in [0.25, 0.3) is 0 Å². The Labute approximate surface area is 116 Å². The lowest BCUT2D eigenvalue weighted by Gasteiger charge is -2.24. The second kappa shape index (κ2) is 5.34. The molecular weight excluding hydrogens is 273 g/mol. The molecule has 2 rings (SSSR count). The fraction of sp³-hybridized carbons (Fsp3) is 0.417. The zero-order valence-electron chi connectivity index (χ0n) is 10.0. The summed E-state index contributed by atoms with van der Waals surface area (Å²) >= 11 is 11.7. The van der Waals surface area contributed by atoms with Gasteiger partial charge in [0.25, 0.3) is 0 Å². The average Bonchev–Trinajstić information content (AvgIpc) is 2.62. The predicted molar refractivity (Wildman–Crippen MR) is 74.5 cm³/mol. The van der Waals surface area contributed by atoms with Crippen molar-refractivity contribution >= 4 is 34.9 Å². The third-order valence-corrected chi connectivity index (χ3v) is 3.34. The first-order valence-corrected chi connectivity index (χ1v) is 6.48. The van der Waals surface area contributed by atoms with Crippen molar-refractivity contribution in [3.63, 3.8) is 0 Å². The van der Waals surface area contributed by atoms with Gasteiger partial charge in [0, 0.05) is 22.3 Å². The SMILES string of the molecule is CC1(NC(=O)Nc2cc(Cl)cc(Cl)c2)CCNC1. The summed E-state index contributed by atoms with van der Waals surface area (Å²) < 4.78 is 0. The maximum absolute atomic E-state index is 11.9. The van der Waals surface area contributed by atoms with E-state index in [1.54, 1.807) is 18.2 Å². The summed E-state index contributed by atoms with van der Waals surface area (Å²) in [6, 6.07) is 4.68. The molecule has 1 aromatic rings. The number of amides is 2. The van der Waals surface area contributed by atoms with E-state index in [1.807, 2.05) is 6.92 Å². The Morgan fingerprint density at radius 2 is 2.00 bits per heavy atom. The summed E-state index contributed by atoms with van der Waals surface area (Å²) in [5.74, 6) is 0. The van der Waals surface area contributed by atoms with Crippen LogP contribution in [0.4, 0.5) is 10.5 Å². The van der Waals surface area contributed by atoms with Gasteiger partial charge in [-0.1, -0.05) is 23.2 Å². The molecule has 0 aliphatic carbocycles. The molecule has 18 heavy (non-hydrogen) atoms. The highest BCUT2D eigenvalue weighted by Crippen LogP contribution is 2.22. The Balaban J connectivity index is 1.98. The van der Waals surface area contributed by atoms with E-state index in [4.69, 9.17) is 23.2 Å². The van der Waals surface area contributed by atoms with Gasteiger partial charge in [0.2, 0.25) is 0 Å². The van der Waals surface area contributed by atoms with Crippen LogP contribution in [0.15, 0.2) is 18.2 Å². The monoisotopic (exact) mass is 287 g/mol. The molecule has 1 heterocycles. The number of hydrogen-bond donors (Lipinski definition) is 3. The van der Waals surface area contributed by atoms with Crippen molar-refractivity contribution in [2.45, 2.75) is 18.9 Å². The molecule has 1 saturated heterocycles. The second-order valence-electron chi connectivity index (χ2n) is 4.72. The van der Waals surface area contributed by atoms with Crippen molar-refractivity contribution in [2.24, 2.45) is 0 Å². The fourth-order valence-corrected chi connectivity index (χ4v) is 2.51. The minimum atomic E-state index is -0.250. The lowest BCUT2D eigenvalue weighted by atomic mass is 10.0. The molecule has 1 aliphatic rings. The molecule has 0 radical (unpaired) electrons. The topological polar surface area (TPSA) is 53.2 Å². The highest BCUT2D eigenvalue weighted by Gasteiger charge is 2.29. The molecule has 0 spiro atoms. The number of rotatable bonds is 2. The lowest BCUT2D eigenvalue weighted by Crippen LogP contribution is -2.49. The molecule has 3 N–H and O–H groups in total. The number of nitrogens with one attached hydrogen (secondary N) is 3. The first-order valence-electron chi connectivity index (χ1n) is 5.73. The van der Waals surface area contributed by atoms with Gasteiger partial charge < -0.3 is 16.0 Å². The maximum atomic E-state index is 11.9. The third-order valence-electron chi connectivity index (χ3n) is 2.90. The molecule has 0 bridgehead atoms. The Morgan fingerprint density at radius 1 is 1.33 bits per heavy atom. The van der Waals surface area contributed by atoms with Gasteiger partial charge in [-0.05, 0) is 38.1 Å². The van der Waals surface area contributed by atoms with Crippen LogP contribution < -0.4 is 16.0 Å². The van der Waals surface area contributed by atoms with Crippen molar-refractivity contribution in [3.05, 3.63) is 28.2 Å². The van der Waals surface area contributed by atoms with Crippen molar-refractivity contribution in [1.82, 2.24) is 10.6 Å². The number of halogens is 2. The number of urea groups is 1. The Morgan fingerprint density at radius 3 is 2.56 bits per heavy atom. The molecule has 1 aliphatic heterocycles. The van der Waals surface area contributed by atoms with Crippen LogP contribution in [-0.4, -0.2) is 24.7 Å². The first-order chi connectivity index (χ1) is 8.47. The molecule has 0 saturated carbocycles. The largest absolute Gasteiger partial charge is 0.331 e. The summed E-state index contributed by atoms with van der Waals surface area (Å²) in [7, 11) is 0. The van der Waals surface area contributed by atoms with Crippen molar-refractivity contribution in [3.8, 4) is 0 Å². The number of benzene rings is 1. The molecule has 4 nitrogen and oxygen atoms in total. The van der Waals surface area contributed by atoms with E-state index in [2.05, 4.69) is 16.0 Å². The van der Waals surface area contributed by atoms with Crippen LogP contribution in [-0.2, 0) is 0 Å². The highest BCUT2D eigenvalue weighted by molar-refractivity contribution is 6.35. The zero-order chi connectivity index (χ0) is 13.2. The molecular formula is C12H15Cl2N3O. The van der Waals surface area contributed by atoms with E-state index < -0.39 is 0 Å². The summed E-state index contributed by atoms with van der Waals surface area (Å²) in [5, 5.41) is 9.87. The van der Waals surface area contributed by atoms with Crippen molar-refractivity contribution in [1.29, 1.82) is 0 Å². The van der Waals surface area contributed by atoms with Gasteiger partial charge in [-0.3, -0.25) is 0 Å². The quantitative estimate of drug-likeness (QED) is 0.783. The Hall–Kier alpha value is -0.970. The number of hydrogen-bond acceptors (Lipinski definition) is 2. The Kier molecular flexibility index (Phi) is 4.00. The van der Waals surface area contributed by atoms with E-state index in [1.165, 1.54) is 0 Å². The molecule has 6 heteroatoms. The summed E-state index contributed by atoms with van der Waals surface area (Å²) in [6.07, 6.45) is 0.913. The predicted octanol–water partition coefficient (Wildman–Crippen LogP) is 2.87. The molecule has 1 unspecified atom stereocenters. The van der Waals surface area contributed by atoms with E-state index >= 15 is 0 Å². The number of carbonyl (C=O) groups excluding carboxylic acids is 1. The minimum absolute atomic E-state index is 0.202. The fourth-order valence-electron chi connectivity index (χ4n) is 1.99. The van der Waals surface area contributed by atoms with Gasteiger partial charge in [0.05, 0.1) is 5.54 Å². The zero-order valence-corrected chi connectivity index (χ0v) is 11.5. The minimum Gasteiger partial charge on any atom is -0.331 e. The van der Waals surface area contributed by atoms with Crippen molar-refractivity contribution in [2.75, 3.05) is 18.4 Å². The number of anilines is 1. The van der Waals surface area contributed by atoms with E-state index in [9.17, 15) is 4.79 Å². The standard InChI is InChI=1S/C12H15Cl2N3O/c1-12(2-3-15-7-12)17-11(18)16-10-5-8(13)4-9(14)6-10/h4-6,15H,2-3,7H2,1H3,(H2,16,17,18). The highest BCUT2D eigenvalue weighted by atomic mass is 35.5. The molecule has 1 aromatic carbocycles. The van der Waals surface area contributed by atoms with Gasteiger partial charge in [-0.15, -0.1) is 0 Å². The van der Waals surface area contributed by atoms with Gasteiger partial charge >= 0.3 is 6.03 Å². The van der Waals surface area contributed by atoms with Crippen LogP contribution in [0.2, 0.25) is 10.0 Å². The van der Waals surface area contributed by atoms with Gasteiger partial charge in [-0.2, -0.15) is 0 Å². The Bertz CT molecular complexity index is 438. The van der Waals surface area contributed by atoms with Crippen LogP contribution in [0.5, 0.6) is 0 Å². The number of carbonyl (C=O) groups is 1. The van der Waals surface area contributed by atoms with E-state index in [0.717, 1.165) is 19.5 Å². The smallest absolute Gasteiger partial charge is 0.319 e. The lowest BCUT2D eigenvalue weighted by molar-refractivity contribution is 0.241. The summed E-state index contributed by atoms with van der Waals surface area (Å²) in [6.45, 7) is 3.70. The average molecular weight is 288 g/mol. The van der Waals surface area contributed by atoms with Crippen molar-refractivity contribution < 1.29 is 4.79 Å². The van der Waals surface area contributed by atoms with Crippen LogP contribution in [0, 0.1) is 0 Å². The molecule has 98 valence electrons. The molecule has 2 amide bonds. The maximum Gasteiger partial charge on any atom is 0.319 e. The third kappa shape index (κ3) is 3.51. The molecule has 0 aromatic heterocycles. The van der Waals surface area contributed by atoms with Gasteiger partial charge in [0.1, 0.15) is 0 Å². The summed E-state index contributed by atoms with van der Waals surface area (Å²) in [5.41, 5.74) is 0.381. The first kappa shape index (κ1) is 13.5. The second-order valence-corrected chi connectivity index (χ2v) is 5.60.